The maximum Gasteiger partial charge on any atom is 0.220 e. The first kappa shape index (κ1) is 14.4. The van der Waals surface area contributed by atoms with E-state index in [0.717, 1.165) is 25.1 Å². The van der Waals surface area contributed by atoms with Crippen molar-refractivity contribution in [2.75, 3.05) is 13.1 Å². The molecule has 0 bridgehead atoms. The molecular formula is C15H21ClN2O. The number of hydrogen-bond acceptors (Lipinski definition) is 2. The molecule has 1 aromatic rings. The fourth-order valence-electron chi connectivity index (χ4n) is 2.47. The summed E-state index contributed by atoms with van der Waals surface area (Å²) in [6.07, 6.45) is 2.77. The highest BCUT2D eigenvalue weighted by atomic mass is 35.5. The number of carbonyl (C=O) groups is 1. The van der Waals surface area contributed by atoms with Gasteiger partial charge in [-0.25, -0.2) is 0 Å². The Kier molecular flexibility index (Phi) is 5.23. The first-order valence-corrected chi connectivity index (χ1v) is 7.28. The molecule has 2 atom stereocenters. The molecule has 2 unspecified atom stereocenters. The van der Waals surface area contributed by atoms with Gasteiger partial charge in [0.05, 0.1) is 6.04 Å². The van der Waals surface area contributed by atoms with Crippen molar-refractivity contribution in [2.45, 2.75) is 32.2 Å². The van der Waals surface area contributed by atoms with E-state index in [1.54, 1.807) is 0 Å². The predicted octanol–water partition coefficient (Wildman–Crippen LogP) is 2.91. The summed E-state index contributed by atoms with van der Waals surface area (Å²) in [5.41, 5.74) is 1.04. The average molecular weight is 281 g/mol. The van der Waals surface area contributed by atoms with Crippen LogP contribution in [0.25, 0.3) is 0 Å². The lowest BCUT2D eigenvalue weighted by molar-refractivity contribution is -0.122. The van der Waals surface area contributed by atoms with Gasteiger partial charge in [-0.3, -0.25) is 4.79 Å². The highest BCUT2D eigenvalue weighted by Crippen LogP contribution is 2.18. The molecule has 1 saturated heterocycles. The Morgan fingerprint density at radius 3 is 3.11 bits per heavy atom. The van der Waals surface area contributed by atoms with Gasteiger partial charge in [-0.2, -0.15) is 0 Å². The van der Waals surface area contributed by atoms with Crippen molar-refractivity contribution in [3.8, 4) is 0 Å². The molecule has 19 heavy (non-hydrogen) atoms. The number of benzene rings is 1. The molecule has 2 rings (SSSR count). The van der Waals surface area contributed by atoms with E-state index in [2.05, 4.69) is 10.6 Å². The zero-order valence-corrected chi connectivity index (χ0v) is 12.0. The molecule has 0 spiro atoms. The second-order valence-corrected chi connectivity index (χ2v) is 5.68. The molecule has 1 aromatic carbocycles. The summed E-state index contributed by atoms with van der Waals surface area (Å²) in [5.74, 6) is 0.784. The van der Waals surface area contributed by atoms with E-state index >= 15 is 0 Å². The minimum atomic E-state index is 0.00732. The maximum absolute atomic E-state index is 11.9. The summed E-state index contributed by atoms with van der Waals surface area (Å²) in [7, 11) is 0. The first-order valence-electron chi connectivity index (χ1n) is 6.90. The van der Waals surface area contributed by atoms with Crippen LogP contribution in [0.1, 0.15) is 37.8 Å². The quantitative estimate of drug-likeness (QED) is 0.871. The molecule has 104 valence electrons. The van der Waals surface area contributed by atoms with E-state index < -0.39 is 0 Å². The minimum Gasteiger partial charge on any atom is -0.350 e. The third kappa shape index (κ3) is 4.51. The van der Waals surface area contributed by atoms with Gasteiger partial charge in [0.2, 0.25) is 5.91 Å². The zero-order valence-electron chi connectivity index (χ0n) is 11.3. The van der Waals surface area contributed by atoms with Crippen molar-refractivity contribution in [2.24, 2.45) is 5.92 Å². The van der Waals surface area contributed by atoms with E-state index in [1.807, 2.05) is 31.2 Å². The van der Waals surface area contributed by atoms with Gasteiger partial charge in [-0.1, -0.05) is 23.7 Å². The molecule has 2 N–H and O–H groups in total. The Morgan fingerprint density at radius 2 is 2.42 bits per heavy atom. The molecule has 4 heteroatoms. The first-order chi connectivity index (χ1) is 9.15. The Hall–Kier alpha value is -1.06. The van der Waals surface area contributed by atoms with E-state index in [4.69, 9.17) is 11.6 Å². The van der Waals surface area contributed by atoms with Crippen molar-refractivity contribution in [1.82, 2.24) is 10.6 Å². The highest BCUT2D eigenvalue weighted by Gasteiger charge is 2.16. The Bertz CT molecular complexity index is 430. The molecule has 0 saturated carbocycles. The molecule has 0 aromatic heterocycles. The lowest BCUT2D eigenvalue weighted by Gasteiger charge is -2.15. The van der Waals surface area contributed by atoms with Crippen molar-refractivity contribution in [3.05, 3.63) is 34.9 Å². The van der Waals surface area contributed by atoms with Crippen molar-refractivity contribution in [1.29, 1.82) is 0 Å². The summed E-state index contributed by atoms with van der Waals surface area (Å²) in [4.78, 5) is 11.9. The van der Waals surface area contributed by atoms with Gasteiger partial charge in [0, 0.05) is 11.4 Å². The largest absolute Gasteiger partial charge is 0.350 e. The number of hydrogen-bond donors (Lipinski definition) is 2. The lowest BCUT2D eigenvalue weighted by atomic mass is 10.0. The zero-order chi connectivity index (χ0) is 13.7. The van der Waals surface area contributed by atoms with Crippen LogP contribution in [-0.4, -0.2) is 19.0 Å². The van der Waals surface area contributed by atoms with Crippen LogP contribution in [0.5, 0.6) is 0 Å². The van der Waals surface area contributed by atoms with E-state index in [-0.39, 0.29) is 11.9 Å². The average Bonchev–Trinajstić information content (AvgIpc) is 2.89. The number of amides is 1. The molecular weight excluding hydrogens is 260 g/mol. The van der Waals surface area contributed by atoms with Crippen LogP contribution in [0.15, 0.2) is 24.3 Å². The lowest BCUT2D eigenvalue weighted by Crippen LogP contribution is -2.27. The van der Waals surface area contributed by atoms with Crippen molar-refractivity contribution in [3.63, 3.8) is 0 Å². The number of rotatable bonds is 5. The molecule has 1 amide bonds. The summed E-state index contributed by atoms with van der Waals surface area (Å²) in [6, 6.07) is 7.63. The van der Waals surface area contributed by atoms with Crippen molar-refractivity contribution < 1.29 is 4.79 Å². The number of carbonyl (C=O) groups excluding carboxylic acids is 1. The van der Waals surface area contributed by atoms with E-state index in [9.17, 15) is 4.79 Å². The van der Waals surface area contributed by atoms with Gasteiger partial charge in [0.1, 0.15) is 0 Å². The van der Waals surface area contributed by atoms with Gasteiger partial charge >= 0.3 is 0 Å². The Balaban J connectivity index is 1.77. The third-order valence-electron chi connectivity index (χ3n) is 3.67. The second-order valence-electron chi connectivity index (χ2n) is 5.24. The van der Waals surface area contributed by atoms with Crippen LogP contribution < -0.4 is 10.6 Å². The van der Waals surface area contributed by atoms with Crippen LogP contribution in [0.3, 0.4) is 0 Å². The summed E-state index contributed by atoms with van der Waals surface area (Å²) >= 11 is 5.95. The smallest absolute Gasteiger partial charge is 0.220 e. The Morgan fingerprint density at radius 1 is 1.58 bits per heavy atom. The second kappa shape index (κ2) is 6.92. The number of halogens is 1. The summed E-state index contributed by atoms with van der Waals surface area (Å²) < 4.78 is 0. The summed E-state index contributed by atoms with van der Waals surface area (Å²) in [6.45, 7) is 4.13. The maximum atomic E-state index is 11.9. The van der Waals surface area contributed by atoms with Crippen LogP contribution >= 0.6 is 11.6 Å². The molecule has 0 aliphatic carbocycles. The van der Waals surface area contributed by atoms with Crippen LogP contribution in [0.2, 0.25) is 5.02 Å². The molecule has 1 heterocycles. The predicted molar refractivity (Wildman–Crippen MR) is 78.2 cm³/mol. The highest BCUT2D eigenvalue weighted by molar-refractivity contribution is 6.30. The summed E-state index contributed by atoms with van der Waals surface area (Å²) in [5, 5.41) is 7.06. The minimum absolute atomic E-state index is 0.00732. The SMILES string of the molecule is CC(NC(=O)CCC1CCNC1)c1cccc(Cl)c1. The van der Waals surface area contributed by atoms with Gasteiger partial charge < -0.3 is 10.6 Å². The normalized spacial score (nSPS) is 20.2. The van der Waals surface area contributed by atoms with E-state index in [0.29, 0.717) is 17.4 Å². The van der Waals surface area contributed by atoms with Gasteiger partial charge in [0.15, 0.2) is 0 Å². The van der Waals surface area contributed by atoms with Gasteiger partial charge in [-0.05, 0) is 56.5 Å². The fourth-order valence-corrected chi connectivity index (χ4v) is 2.67. The Labute approximate surface area is 119 Å². The van der Waals surface area contributed by atoms with Crippen LogP contribution in [0.4, 0.5) is 0 Å². The van der Waals surface area contributed by atoms with E-state index in [1.165, 1.54) is 6.42 Å². The fraction of sp³-hybridized carbons (Fsp3) is 0.533. The van der Waals surface area contributed by atoms with Gasteiger partial charge in [0.25, 0.3) is 0 Å². The van der Waals surface area contributed by atoms with Crippen LogP contribution in [0, 0.1) is 5.92 Å². The monoisotopic (exact) mass is 280 g/mol. The molecule has 1 fully saturated rings. The topological polar surface area (TPSA) is 41.1 Å². The molecule has 1 aliphatic heterocycles. The number of nitrogens with one attached hydrogen (secondary N) is 2. The third-order valence-corrected chi connectivity index (χ3v) is 3.90. The molecule has 0 radical (unpaired) electrons. The standard InChI is InChI=1S/C15H21ClN2O/c1-11(13-3-2-4-14(16)9-13)18-15(19)6-5-12-7-8-17-10-12/h2-4,9,11-12,17H,5-8,10H2,1H3,(H,18,19). The van der Waals surface area contributed by atoms with Gasteiger partial charge in [-0.15, -0.1) is 0 Å². The molecule has 3 nitrogen and oxygen atoms in total. The molecule has 1 aliphatic rings. The van der Waals surface area contributed by atoms with Crippen LogP contribution in [-0.2, 0) is 4.79 Å². The van der Waals surface area contributed by atoms with Crippen molar-refractivity contribution >= 4 is 17.5 Å².